The van der Waals surface area contributed by atoms with E-state index in [4.69, 9.17) is 4.74 Å². The molecule has 1 aromatic rings. The van der Waals surface area contributed by atoms with Crippen LogP contribution in [0.15, 0.2) is 17.5 Å². The minimum atomic E-state index is -0.180. The maximum Gasteiger partial charge on any atom is 0.121 e. The number of thiophene rings is 1. The summed E-state index contributed by atoms with van der Waals surface area (Å²) in [5, 5.41) is 5.62. The number of rotatable bonds is 2. The highest BCUT2D eigenvalue weighted by molar-refractivity contribution is 7.09. The number of hydrogen-bond acceptors (Lipinski definition) is 3. The molecule has 1 saturated heterocycles. The lowest BCUT2D eigenvalue weighted by Gasteiger charge is -2.42. The molecule has 1 atom stereocenters. The van der Waals surface area contributed by atoms with Gasteiger partial charge in [0.25, 0.3) is 0 Å². The van der Waals surface area contributed by atoms with E-state index in [0.29, 0.717) is 0 Å². The zero-order valence-electron chi connectivity index (χ0n) is 9.67. The summed E-state index contributed by atoms with van der Waals surface area (Å²) in [7, 11) is 0. The molecule has 3 heteroatoms. The minimum Gasteiger partial charge on any atom is -0.360 e. The van der Waals surface area contributed by atoms with Crippen molar-refractivity contribution in [3.63, 3.8) is 0 Å². The molecule has 1 aliphatic rings. The molecule has 1 aromatic heterocycles. The Morgan fingerprint density at radius 1 is 1.47 bits per heavy atom. The van der Waals surface area contributed by atoms with Crippen LogP contribution in [-0.2, 0) is 11.2 Å². The molecule has 15 heavy (non-hydrogen) atoms. The van der Waals surface area contributed by atoms with Gasteiger partial charge in [0.1, 0.15) is 5.72 Å². The molecule has 84 valence electrons. The van der Waals surface area contributed by atoms with Crippen LogP contribution >= 0.6 is 11.3 Å². The first-order chi connectivity index (χ1) is 6.99. The summed E-state index contributed by atoms with van der Waals surface area (Å²) in [6, 6.07) is 4.26. The van der Waals surface area contributed by atoms with Gasteiger partial charge in [-0.25, -0.2) is 0 Å². The molecule has 0 aliphatic carbocycles. The van der Waals surface area contributed by atoms with E-state index >= 15 is 0 Å². The van der Waals surface area contributed by atoms with Gasteiger partial charge in [-0.05, 0) is 18.4 Å². The summed E-state index contributed by atoms with van der Waals surface area (Å²) >= 11 is 1.80. The highest BCUT2D eigenvalue weighted by Gasteiger charge is 2.35. The normalized spacial score (nSPS) is 30.3. The van der Waals surface area contributed by atoms with Gasteiger partial charge >= 0.3 is 0 Å². The van der Waals surface area contributed by atoms with Crippen molar-refractivity contribution >= 4 is 11.3 Å². The van der Waals surface area contributed by atoms with Crippen molar-refractivity contribution in [2.75, 3.05) is 13.2 Å². The van der Waals surface area contributed by atoms with E-state index in [-0.39, 0.29) is 11.1 Å². The van der Waals surface area contributed by atoms with Crippen LogP contribution in [0.5, 0.6) is 0 Å². The Morgan fingerprint density at radius 3 is 2.80 bits per heavy atom. The van der Waals surface area contributed by atoms with Crippen LogP contribution in [0.4, 0.5) is 0 Å². The fourth-order valence-electron chi connectivity index (χ4n) is 1.74. The number of nitrogens with one attached hydrogen (secondary N) is 1. The van der Waals surface area contributed by atoms with Gasteiger partial charge in [-0.15, -0.1) is 11.3 Å². The van der Waals surface area contributed by atoms with Gasteiger partial charge < -0.3 is 4.74 Å². The van der Waals surface area contributed by atoms with Crippen molar-refractivity contribution in [3.8, 4) is 0 Å². The average Bonchev–Trinajstić information content (AvgIpc) is 2.64. The summed E-state index contributed by atoms with van der Waals surface area (Å²) in [5.41, 5.74) is 0.0787. The Balaban J connectivity index is 1.98. The third-order valence-corrected chi connectivity index (χ3v) is 3.69. The van der Waals surface area contributed by atoms with Crippen LogP contribution in [0.25, 0.3) is 0 Å². The largest absolute Gasteiger partial charge is 0.360 e. The van der Waals surface area contributed by atoms with Gasteiger partial charge in [0.2, 0.25) is 0 Å². The topological polar surface area (TPSA) is 21.3 Å². The highest BCUT2D eigenvalue weighted by atomic mass is 32.1. The summed E-state index contributed by atoms with van der Waals surface area (Å²) < 4.78 is 5.95. The van der Waals surface area contributed by atoms with Gasteiger partial charge in [-0.2, -0.15) is 0 Å². The molecule has 1 fully saturated rings. The van der Waals surface area contributed by atoms with Crippen LogP contribution < -0.4 is 5.32 Å². The van der Waals surface area contributed by atoms with Gasteiger partial charge in [0.05, 0.1) is 6.61 Å². The summed E-state index contributed by atoms with van der Waals surface area (Å²) in [6.45, 7) is 8.45. The molecular weight excluding hydrogens is 206 g/mol. The van der Waals surface area contributed by atoms with E-state index in [1.807, 2.05) is 0 Å². The van der Waals surface area contributed by atoms with E-state index in [1.54, 1.807) is 11.3 Å². The minimum absolute atomic E-state index is 0.180. The second kappa shape index (κ2) is 3.89. The van der Waals surface area contributed by atoms with E-state index in [1.165, 1.54) is 4.88 Å². The van der Waals surface area contributed by atoms with Crippen LogP contribution in [0, 0.1) is 5.41 Å². The van der Waals surface area contributed by atoms with E-state index in [0.717, 1.165) is 19.6 Å². The van der Waals surface area contributed by atoms with Crippen LogP contribution in [0.2, 0.25) is 0 Å². The molecular formula is C12H19NOS. The Hall–Kier alpha value is -0.380. The third-order valence-electron chi connectivity index (χ3n) is 2.81. The molecule has 0 saturated carbocycles. The molecule has 0 radical (unpaired) electrons. The number of hydrogen-bond donors (Lipinski definition) is 1. The second-order valence-corrected chi connectivity index (χ2v) is 6.33. The molecule has 2 nitrogen and oxygen atoms in total. The van der Waals surface area contributed by atoms with Crippen LogP contribution in [0.1, 0.15) is 25.6 Å². The van der Waals surface area contributed by atoms with Crippen LogP contribution in [-0.4, -0.2) is 18.9 Å². The van der Waals surface area contributed by atoms with Crippen LogP contribution in [0.3, 0.4) is 0 Å². The van der Waals surface area contributed by atoms with Crippen molar-refractivity contribution in [2.45, 2.75) is 32.9 Å². The summed E-state index contributed by atoms with van der Waals surface area (Å²) in [6.07, 6.45) is 0.959. The highest BCUT2D eigenvalue weighted by Crippen LogP contribution is 2.27. The van der Waals surface area contributed by atoms with Crippen molar-refractivity contribution in [1.29, 1.82) is 0 Å². The van der Waals surface area contributed by atoms with Crippen molar-refractivity contribution < 1.29 is 4.74 Å². The Morgan fingerprint density at radius 2 is 2.27 bits per heavy atom. The standard InChI is InChI=1S/C12H19NOS/c1-11(2)8-13-12(3,14-9-11)7-10-5-4-6-15-10/h4-6,13H,7-9H2,1-3H3. The SMILES string of the molecule is CC1(C)CNC(C)(Cc2cccs2)OC1. The predicted octanol–water partition coefficient (Wildman–Crippen LogP) is 2.65. The predicted molar refractivity (Wildman–Crippen MR) is 64.2 cm³/mol. The maximum atomic E-state index is 5.95. The van der Waals surface area contributed by atoms with Gasteiger partial charge in [-0.3, -0.25) is 5.32 Å². The molecule has 2 heterocycles. The molecule has 1 aliphatic heterocycles. The summed E-state index contributed by atoms with van der Waals surface area (Å²) in [4.78, 5) is 1.38. The molecule has 0 amide bonds. The first-order valence-electron chi connectivity index (χ1n) is 5.41. The third kappa shape index (κ3) is 2.80. The van der Waals surface area contributed by atoms with Gasteiger partial charge in [0.15, 0.2) is 0 Å². The van der Waals surface area contributed by atoms with E-state index in [9.17, 15) is 0 Å². The van der Waals surface area contributed by atoms with E-state index in [2.05, 4.69) is 43.6 Å². The average molecular weight is 225 g/mol. The molecule has 0 spiro atoms. The smallest absolute Gasteiger partial charge is 0.121 e. The van der Waals surface area contributed by atoms with Crippen molar-refractivity contribution in [3.05, 3.63) is 22.4 Å². The first kappa shape index (κ1) is 11.1. The molecule has 2 rings (SSSR count). The Labute approximate surface area is 95.6 Å². The number of ether oxygens (including phenoxy) is 1. The quantitative estimate of drug-likeness (QED) is 0.835. The lowest BCUT2D eigenvalue weighted by Crippen LogP contribution is -2.56. The first-order valence-corrected chi connectivity index (χ1v) is 6.29. The lowest BCUT2D eigenvalue weighted by atomic mass is 9.91. The van der Waals surface area contributed by atoms with Gasteiger partial charge in [0, 0.05) is 23.3 Å². The maximum absolute atomic E-state index is 5.95. The fourth-order valence-corrected chi connectivity index (χ4v) is 2.59. The molecule has 1 unspecified atom stereocenters. The zero-order valence-corrected chi connectivity index (χ0v) is 10.5. The zero-order chi connectivity index (χ0) is 10.9. The van der Waals surface area contributed by atoms with Gasteiger partial charge in [-0.1, -0.05) is 19.9 Å². The van der Waals surface area contributed by atoms with Crippen molar-refractivity contribution in [2.24, 2.45) is 5.41 Å². The molecule has 1 N–H and O–H groups in total. The lowest BCUT2D eigenvalue weighted by molar-refractivity contribution is -0.125. The second-order valence-electron chi connectivity index (χ2n) is 5.29. The Kier molecular flexibility index (Phi) is 2.88. The monoisotopic (exact) mass is 225 g/mol. The molecule has 0 bridgehead atoms. The van der Waals surface area contributed by atoms with E-state index < -0.39 is 0 Å². The fraction of sp³-hybridized carbons (Fsp3) is 0.667. The van der Waals surface area contributed by atoms with Crippen molar-refractivity contribution in [1.82, 2.24) is 5.32 Å². The summed E-state index contributed by atoms with van der Waals surface area (Å²) in [5.74, 6) is 0. The molecule has 0 aromatic carbocycles. The Bertz CT molecular complexity index is 308.